The van der Waals surface area contributed by atoms with Gasteiger partial charge in [0.2, 0.25) is 0 Å². The first-order valence-corrected chi connectivity index (χ1v) is 7.41. The van der Waals surface area contributed by atoms with Crippen LogP contribution in [0.5, 0.6) is 5.75 Å². The smallest absolute Gasteiger partial charge is 0.146 e. The van der Waals surface area contributed by atoms with E-state index >= 15 is 0 Å². The zero-order valence-corrected chi connectivity index (χ0v) is 13.2. The number of aromatic nitrogens is 3. The highest BCUT2D eigenvalue weighted by molar-refractivity contribution is 6.42. The van der Waals surface area contributed by atoms with Gasteiger partial charge >= 0.3 is 0 Å². The van der Waals surface area contributed by atoms with Gasteiger partial charge in [-0.1, -0.05) is 29.3 Å². The Morgan fingerprint density at radius 1 is 1.05 bits per heavy atom. The minimum Gasteiger partial charge on any atom is -0.505 e. The fourth-order valence-corrected chi connectivity index (χ4v) is 2.60. The average Bonchev–Trinajstić information content (AvgIpc) is 2.86. The molecule has 0 spiro atoms. The average molecular weight is 338 g/mol. The normalized spacial score (nSPS) is 11.3. The molecule has 2 aromatic carbocycles. The molecule has 1 heterocycles. The molecule has 0 aliphatic heterocycles. The monoisotopic (exact) mass is 337 g/mol. The molecule has 22 heavy (non-hydrogen) atoms. The zero-order valence-electron chi connectivity index (χ0n) is 11.7. The van der Waals surface area contributed by atoms with Crippen LogP contribution in [0, 0.1) is 6.92 Å². The Morgan fingerprint density at radius 2 is 1.64 bits per heavy atom. The van der Waals surface area contributed by atoms with E-state index in [-0.39, 0.29) is 12.4 Å². The van der Waals surface area contributed by atoms with E-state index in [1.54, 1.807) is 25.1 Å². The highest BCUT2D eigenvalue weighted by atomic mass is 35.5. The van der Waals surface area contributed by atoms with Crippen molar-refractivity contribution in [1.29, 1.82) is 0 Å². The number of benzene rings is 2. The lowest BCUT2D eigenvalue weighted by atomic mass is 10.1. The fraction of sp³-hybridized carbons (Fsp3) is 0.200. The Bertz CT molecular complexity index is 823. The molecule has 3 aromatic rings. The number of aromatic hydroxyl groups is 1. The van der Waals surface area contributed by atoms with Gasteiger partial charge in [-0.2, -0.15) is 0 Å². The Kier molecular flexibility index (Phi) is 3.95. The first-order chi connectivity index (χ1) is 10.5. The molecule has 0 saturated heterocycles. The summed E-state index contributed by atoms with van der Waals surface area (Å²) in [5.74, 6) is 0.0965. The van der Waals surface area contributed by atoms with E-state index in [1.165, 1.54) is 4.80 Å². The summed E-state index contributed by atoms with van der Waals surface area (Å²) in [5.41, 5.74) is 3.20. The van der Waals surface area contributed by atoms with Gasteiger partial charge in [0.25, 0.3) is 0 Å². The van der Waals surface area contributed by atoms with Crippen LogP contribution >= 0.6 is 23.2 Å². The predicted octanol–water partition coefficient (Wildman–Crippen LogP) is 3.28. The van der Waals surface area contributed by atoms with E-state index in [2.05, 4.69) is 10.2 Å². The lowest BCUT2D eigenvalue weighted by Gasteiger charge is -2.09. The molecule has 0 amide bonds. The van der Waals surface area contributed by atoms with Crippen molar-refractivity contribution < 1.29 is 10.2 Å². The van der Waals surface area contributed by atoms with Gasteiger partial charge < -0.3 is 10.2 Å². The van der Waals surface area contributed by atoms with Crippen LogP contribution < -0.4 is 0 Å². The van der Waals surface area contributed by atoms with Gasteiger partial charge in [-0.25, -0.2) is 0 Å². The summed E-state index contributed by atoms with van der Waals surface area (Å²) in [5, 5.41) is 28.8. The number of aryl methyl sites for hydroxylation is 1. The van der Waals surface area contributed by atoms with E-state index in [9.17, 15) is 5.11 Å². The molecule has 0 bridgehead atoms. The van der Waals surface area contributed by atoms with Crippen molar-refractivity contribution in [2.75, 3.05) is 6.61 Å². The van der Waals surface area contributed by atoms with Crippen molar-refractivity contribution >= 4 is 34.2 Å². The largest absolute Gasteiger partial charge is 0.505 e. The second kappa shape index (κ2) is 5.76. The summed E-state index contributed by atoms with van der Waals surface area (Å²) < 4.78 is 0. The summed E-state index contributed by atoms with van der Waals surface area (Å²) in [6, 6.07) is 6.83. The minimum absolute atomic E-state index is 0.0311. The third-order valence-electron chi connectivity index (χ3n) is 3.38. The van der Waals surface area contributed by atoms with Crippen LogP contribution in [0.15, 0.2) is 24.3 Å². The number of phenolic OH excluding ortho intramolecular Hbond substituents is 1. The van der Waals surface area contributed by atoms with Crippen LogP contribution in [-0.4, -0.2) is 31.8 Å². The van der Waals surface area contributed by atoms with Crippen molar-refractivity contribution in [2.24, 2.45) is 0 Å². The summed E-state index contributed by atoms with van der Waals surface area (Å²) in [6.45, 7) is 1.82. The molecule has 7 heteroatoms. The number of nitrogens with zero attached hydrogens (tertiary/aromatic N) is 3. The Hall–Kier alpha value is -1.82. The van der Waals surface area contributed by atoms with E-state index in [4.69, 9.17) is 28.3 Å². The van der Waals surface area contributed by atoms with Crippen molar-refractivity contribution in [2.45, 2.75) is 13.3 Å². The van der Waals surface area contributed by atoms with Crippen LogP contribution in [-0.2, 0) is 6.42 Å². The number of halogens is 2. The number of fused-ring (bicyclic) bond motifs is 1. The fourth-order valence-electron chi connectivity index (χ4n) is 2.28. The minimum atomic E-state index is 0.0311. The summed E-state index contributed by atoms with van der Waals surface area (Å²) in [7, 11) is 0. The molecule has 0 radical (unpaired) electrons. The Balaban J connectivity index is 2.18. The van der Waals surface area contributed by atoms with Gasteiger partial charge in [-0.05, 0) is 42.7 Å². The predicted molar refractivity (Wildman–Crippen MR) is 86.1 cm³/mol. The molecule has 5 nitrogen and oxygen atoms in total. The van der Waals surface area contributed by atoms with Gasteiger partial charge in [-0.15, -0.1) is 15.0 Å². The third kappa shape index (κ3) is 2.63. The SMILES string of the molecule is Cc1cc(CCO)cc(-n2nc3cc(Cl)c(Cl)cc3n2)c1O. The van der Waals surface area contributed by atoms with Gasteiger partial charge in [0, 0.05) is 6.61 Å². The van der Waals surface area contributed by atoms with E-state index < -0.39 is 0 Å². The molecule has 1 aromatic heterocycles. The van der Waals surface area contributed by atoms with E-state index in [0.29, 0.717) is 38.8 Å². The molecule has 0 fully saturated rings. The van der Waals surface area contributed by atoms with Crippen molar-refractivity contribution in [3.63, 3.8) is 0 Å². The van der Waals surface area contributed by atoms with Gasteiger partial charge in [0.05, 0.1) is 10.0 Å². The molecule has 3 rings (SSSR count). The Morgan fingerprint density at radius 3 is 2.18 bits per heavy atom. The molecule has 0 saturated carbocycles. The van der Waals surface area contributed by atoms with Crippen LogP contribution in [0.4, 0.5) is 0 Å². The first kappa shape index (κ1) is 15.1. The first-order valence-electron chi connectivity index (χ1n) is 6.65. The number of aliphatic hydroxyl groups is 1. The maximum atomic E-state index is 10.3. The molecule has 0 unspecified atom stereocenters. The summed E-state index contributed by atoms with van der Waals surface area (Å²) in [6.07, 6.45) is 0.493. The quantitative estimate of drug-likeness (QED) is 0.769. The number of rotatable bonds is 3. The number of hydrogen-bond acceptors (Lipinski definition) is 4. The van der Waals surface area contributed by atoms with Crippen LogP contribution in [0.25, 0.3) is 16.7 Å². The second-order valence-electron chi connectivity index (χ2n) is 5.00. The highest BCUT2D eigenvalue weighted by Gasteiger charge is 2.13. The standard InChI is InChI=1S/C15H13Cl2N3O2/c1-8-4-9(2-3-21)5-14(15(8)22)20-18-12-6-10(16)11(17)7-13(12)19-20/h4-7,21-22H,2-3H2,1H3. The maximum absolute atomic E-state index is 10.3. The van der Waals surface area contributed by atoms with Crippen LogP contribution in [0.2, 0.25) is 10.0 Å². The van der Waals surface area contributed by atoms with Crippen molar-refractivity contribution in [3.8, 4) is 11.4 Å². The maximum Gasteiger partial charge on any atom is 0.146 e. The summed E-state index contributed by atoms with van der Waals surface area (Å²) in [4.78, 5) is 1.35. The van der Waals surface area contributed by atoms with Gasteiger partial charge in [-0.3, -0.25) is 0 Å². The van der Waals surface area contributed by atoms with Crippen molar-refractivity contribution in [1.82, 2.24) is 15.0 Å². The number of hydrogen-bond donors (Lipinski definition) is 2. The lowest BCUT2D eigenvalue weighted by Crippen LogP contribution is -2.02. The van der Waals surface area contributed by atoms with E-state index in [1.807, 2.05) is 6.07 Å². The Labute approximate surface area is 136 Å². The van der Waals surface area contributed by atoms with Crippen LogP contribution in [0.3, 0.4) is 0 Å². The van der Waals surface area contributed by atoms with Gasteiger partial charge in [0.15, 0.2) is 0 Å². The summed E-state index contributed by atoms with van der Waals surface area (Å²) >= 11 is 12.0. The molecule has 0 atom stereocenters. The molecule has 0 aliphatic carbocycles. The molecule has 114 valence electrons. The topological polar surface area (TPSA) is 71.2 Å². The number of aliphatic hydroxyl groups excluding tert-OH is 1. The molecule has 2 N–H and O–H groups in total. The van der Waals surface area contributed by atoms with Gasteiger partial charge in [0.1, 0.15) is 22.5 Å². The highest BCUT2D eigenvalue weighted by Crippen LogP contribution is 2.30. The van der Waals surface area contributed by atoms with E-state index in [0.717, 1.165) is 5.56 Å². The number of phenols is 1. The third-order valence-corrected chi connectivity index (χ3v) is 4.10. The second-order valence-corrected chi connectivity index (χ2v) is 5.81. The van der Waals surface area contributed by atoms with Crippen molar-refractivity contribution in [3.05, 3.63) is 45.4 Å². The molecule has 0 aliphatic rings. The zero-order chi connectivity index (χ0) is 15.9. The molecular weight excluding hydrogens is 325 g/mol. The van der Waals surface area contributed by atoms with Crippen LogP contribution in [0.1, 0.15) is 11.1 Å². The lowest BCUT2D eigenvalue weighted by molar-refractivity contribution is 0.299. The molecular formula is C15H13Cl2N3O2.